The summed E-state index contributed by atoms with van der Waals surface area (Å²) in [5, 5.41) is 20.3. The Labute approximate surface area is 121 Å². The van der Waals surface area contributed by atoms with Crippen molar-refractivity contribution in [2.24, 2.45) is 4.99 Å². The standard InChI is InChI=1S/C15H14N2O4/c1-2-21-14-7-8-15(18)11(9-14)10-16-12-3-5-13(6-4-12)17(19)20/h3-10,18H,2H2,1H3. The summed E-state index contributed by atoms with van der Waals surface area (Å²) >= 11 is 0. The van der Waals surface area contributed by atoms with Gasteiger partial charge in [0.25, 0.3) is 5.69 Å². The molecular weight excluding hydrogens is 272 g/mol. The molecule has 2 rings (SSSR count). The van der Waals surface area contributed by atoms with Crippen LogP contribution in [0.5, 0.6) is 11.5 Å². The number of non-ortho nitro benzene ring substituents is 1. The SMILES string of the molecule is CCOc1ccc(O)c(C=Nc2ccc([N+](=O)[O-])cc2)c1. The van der Waals surface area contributed by atoms with E-state index in [1.165, 1.54) is 36.5 Å². The van der Waals surface area contributed by atoms with E-state index in [9.17, 15) is 15.2 Å². The van der Waals surface area contributed by atoms with Crippen LogP contribution in [0.15, 0.2) is 47.5 Å². The van der Waals surface area contributed by atoms with Crippen LogP contribution in [0.2, 0.25) is 0 Å². The Morgan fingerprint density at radius 1 is 1.29 bits per heavy atom. The van der Waals surface area contributed by atoms with Gasteiger partial charge >= 0.3 is 0 Å². The third-order valence-corrected chi connectivity index (χ3v) is 2.72. The van der Waals surface area contributed by atoms with E-state index in [1.807, 2.05) is 6.92 Å². The molecule has 0 bridgehead atoms. The molecule has 0 amide bonds. The molecule has 6 heteroatoms. The molecule has 0 saturated carbocycles. The molecule has 0 fully saturated rings. The summed E-state index contributed by atoms with van der Waals surface area (Å²) in [5.74, 6) is 0.726. The average Bonchev–Trinajstić information content (AvgIpc) is 2.48. The first-order valence-electron chi connectivity index (χ1n) is 6.34. The van der Waals surface area contributed by atoms with Gasteiger partial charge in [0, 0.05) is 23.9 Å². The highest BCUT2D eigenvalue weighted by atomic mass is 16.6. The van der Waals surface area contributed by atoms with E-state index < -0.39 is 4.92 Å². The Morgan fingerprint density at radius 3 is 2.62 bits per heavy atom. The summed E-state index contributed by atoms with van der Waals surface area (Å²) in [4.78, 5) is 14.3. The second kappa shape index (κ2) is 6.51. The van der Waals surface area contributed by atoms with Crippen molar-refractivity contribution in [3.63, 3.8) is 0 Å². The van der Waals surface area contributed by atoms with Gasteiger partial charge < -0.3 is 9.84 Å². The van der Waals surface area contributed by atoms with Crippen molar-refractivity contribution in [1.29, 1.82) is 0 Å². The van der Waals surface area contributed by atoms with E-state index in [4.69, 9.17) is 4.74 Å². The molecule has 21 heavy (non-hydrogen) atoms. The van der Waals surface area contributed by atoms with Gasteiger partial charge in [-0.1, -0.05) is 0 Å². The van der Waals surface area contributed by atoms with E-state index in [1.54, 1.807) is 12.1 Å². The number of hydrogen-bond donors (Lipinski definition) is 1. The summed E-state index contributed by atoms with van der Waals surface area (Å²) in [6.07, 6.45) is 1.49. The number of ether oxygens (including phenoxy) is 1. The van der Waals surface area contributed by atoms with Gasteiger partial charge in [0.1, 0.15) is 11.5 Å². The summed E-state index contributed by atoms with van der Waals surface area (Å²) in [5.41, 5.74) is 1.08. The lowest BCUT2D eigenvalue weighted by Crippen LogP contribution is -1.92. The highest BCUT2D eigenvalue weighted by Crippen LogP contribution is 2.23. The summed E-state index contributed by atoms with van der Waals surface area (Å²) < 4.78 is 5.35. The van der Waals surface area contributed by atoms with E-state index in [2.05, 4.69) is 4.99 Å². The molecule has 108 valence electrons. The first-order chi connectivity index (χ1) is 10.1. The van der Waals surface area contributed by atoms with E-state index in [0.29, 0.717) is 23.6 Å². The van der Waals surface area contributed by atoms with Crippen LogP contribution in [0.3, 0.4) is 0 Å². The molecule has 0 aliphatic carbocycles. The van der Waals surface area contributed by atoms with Crippen molar-refractivity contribution in [3.8, 4) is 11.5 Å². The summed E-state index contributed by atoms with van der Waals surface area (Å²) in [7, 11) is 0. The normalized spacial score (nSPS) is 10.7. The molecule has 2 aromatic carbocycles. The largest absolute Gasteiger partial charge is 0.507 e. The topological polar surface area (TPSA) is 85.0 Å². The number of phenols is 1. The lowest BCUT2D eigenvalue weighted by molar-refractivity contribution is -0.384. The monoisotopic (exact) mass is 286 g/mol. The maximum Gasteiger partial charge on any atom is 0.269 e. The van der Waals surface area contributed by atoms with Gasteiger partial charge in [-0.25, -0.2) is 0 Å². The van der Waals surface area contributed by atoms with Crippen molar-refractivity contribution in [2.75, 3.05) is 6.61 Å². The highest BCUT2D eigenvalue weighted by molar-refractivity contribution is 5.86. The number of benzene rings is 2. The number of nitrogens with zero attached hydrogens (tertiary/aromatic N) is 2. The lowest BCUT2D eigenvalue weighted by atomic mass is 10.2. The third-order valence-electron chi connectivity index (χ3n) is 2.72. The van der Waals surface area contributed by atoms with Crippen LogP contribution >= 0.6 is 0 Å². The van der Waals surface area contributed by atoms with Gasteiger partial charge in [-0.2, -0.15) is 0 Å². The van der Waals surface area contributed by atoms with Crippen LogP contribution in [0.4, 0.5) is 11.4 Å². The number of hydrogen-bond acceptors (Lipinski definition) is 5. The van der Waals surface area contributed by atoms with Gasteiger partial charge in [-0.3, -0.25) is 15.1 Å². The second-order valence-electron chi connectivity index (χ2n) is 4.19. The van der Waals surface area contributed by atoms with E-state index in [-0.39, 0.29) is 11.4 Å². The zero-order valence-corrected chi connectivity index (χ0v) is 11.4. The summed E-state index contributed by atoms with van der Waals surface area (Å²) in [6.45, 7) is 2.40. The van der Waals surface area contributed by atoms with Gasteiger partial charge in [0.2, 0.25) is 0 Å². The van der Waals surface area contributed by atoms with Crippen molar-refractivity contribution < 1.29 is 14.8 Å². The molecule has 1 N–H and O–H groups in total. The molecule has 0 radical (unpaired) electrons. The molecule has 0 heterocycles. The Morgan fingerprint density at radius 2 is 2.00 bits per heavy atom. The minimum absolute atomic E-state index is 0.00939. The number of phenolic OH excluding ortho intramolecular Hbond substituents is 1. The van der Waals surface area contributed by atoms with Gasteiger partial charge in [0.05, 0.1) is 17.2 Å². The lowest BCUT2D eigenvalue weighted by Gasteiger charge is -2.05. The predicted octanol–water partition coefficient (Wildman–Crippen LogP) is 3.45. The molecule has 0 aliphatic heterocycles. The fraction of sp³-hybridized carbons (Fsp3) is 0.133. The molecule has 0 aliphatic rings. The van der Waals surface area contributed by atoms with Crippen molar-refractivity contribution >= 4 is 17.6 Å². The molecule has 0 spiro atoms. The van der Waals surface area contributed by atoms with Crippen molar-refractivity contribution in [3.05, 3.63) is 58.1 Å². The Kier molecular flexibility index (Phi) is 4.50. The molecule has 0 atom stereocenters. The van der Waals surface area contributed by atoms with Crippen molar-refractivity contribution in [1.82, 2.24) is 0 Å². The van der Waals surface area contributed by atoms with Crippen LogP contribution in [-0.4, -0.2) is 22.9 Å². The maximum absolute atomic E-state index is 10.6. The van der Waals surface area contributed by atoms with Crippen LogP contribution in [-0.2, 0) is 0 Å². The van der Waals surface area contributed by atoms with Crippen LogP contribution in [0.25, 0.3) is 0 Å². The summed E-state index contributed by atoms with van der Waals surface area (Å²) in [6, 6.07) is 10.7. The zero-order valence-electron chi connectivity index (χ0n) is 11.4. The molecular formula is C15H14N2O4. The van der Waals surface area contributed by atoms with Crippen LogP contribution in [0.1, 0.15) is 12.5 Å². The third kappa shape index (κ3) is 3.79. The fourth-order valence-corrected chi connectivity index (χ4v) is 1.70. The zero-order chi connectivity index (χ0) is 15.2. The number of aromatic hydroxyl groups is 1. The smallest absolute Gasteiger partial charge is 0.269 e. The van der Waals surface area contributed by atoms with Gasteiger partial charge in [-0.05, 0) is 37.3 Å². The quantitative estimate of drug-likeness (QED) is 0.518. The minimum atomic E-state index is -0.467. The molecule has 6 nitrogen and oxygen atoms in total. The van der Waals surface area contributed by atoms with Crippen molar-refractivity contribution in [2.45, 2.75) is 6.92 Å². The Bertz CT molecular complexity index is 666. The highest BCUT2D eigenvalue weighted by Gasteiger charge is 2.04. The van der Waals surface area contributed by atoms with Gasteiger partial charge in [-0.15, -0.1) is 0 Å². The maximum atomic E-state index is 10.6. The predicted molar refractivity (Wildman–Crippen MR) is 79.6 cm³/mol. The number of nitro benzene ring substituents is 1. The second-order valence-corrected chi connectivity index (χ2v) is 4.19. The fourth-order valence-electron chi connectivity index (χ4n) is 1.70. The van der Waals surface area contributed by atoms with Gasteiger partial charge in [0.15, 0.2) is 0 Å². The van der Waals surface area contributed by atoms with Crippen LogP contribution < -0.4 is 4.74 Å². The first-order valence-corrected chi connectivity index (χ1v) is 6.34. The average molecular weight is 286 g/mol. The molecule has 0 saturated heterocycles. The van der Waals surface area contributed by atoms with E-state index in [0.717, 1.165) is 0 Å². The number of rotatable bonds is 5. The molecule has 2 aromatic rings. The Hall–Kier alpha value is -2.89. The minimum Gasteiger partial charge on any atom is -0.507 e. The number of nitro groups is 1. The van der Waals surface area contributed by atoms with E-state index >= 15 is 0 Å². The Balaban J connectivity index is 2.20. The van der Waals surface area contributed by atoms with Crippen LogP contribution in [0, 0.1) is 10.1 Å². The molecule has 0 unspecified atom stereocenters. The number of aliphatic imine (C=N–C) groups is 1. The first kappa shape index (κ1) is 14.5. The molecule has 0 aromatic heterocycles.